The highest BCUT2D eigenvalue weighted by Crippen LogP contribution is 2.31. The molecule has 0 bridgehead atoms. The summed E-state index contributed by atoms with van der Waals surface area (Å²) in [7, 11) is -4.17. The maximum Gasteiger partial charge on any atom is 0.242 e. The van der Waals surface area contributed by atoms with Crippen molar-refractivity contribution in [2.24, 2.45) is 0 Å². The van der Waals surface area contributed by atoms with Crippen molar-refractivity contribution in [2.75, 3.05) is 16.8 Å². The van der Waals surface area contributed by atoms with Crippen molar-refractivity contribution in [3.8, 4) is 0 Å². The van der Waals surface area contributed by atoms with Gasteiger partial charge in [-0.2, -0.15) is 4.72 Å². The van der Waals surface area contributed by atoms with E-state index in [9.17, 15) is 26.8 Å². The van der Waals surface area contributed by atoms with Crippen LogP contribution < -0.4 is 14.9 Å². The summed E-state index contributed by atoms with van der Waals surface area (Å²) >= 11 is 0. The summed E-state index contributed by atoms with van der Waals surface area (Å²) in [4.78, 5) is 26.8. The highest BCUT2D eigenvalue weighted by Gasteiger charge is 2.29. The van der Waals surface area contributed by atoms with Crippen LogP contribution in [0.15, 0.2) is 71.6 Å². The fraction of sp³-hybridized carbons (Fsp3) is 0.231. The lowest BCUT2D eigenvalue weighted by Crippen LogP contribution is -2.45. The maximum absolute atomic E-state index is 14.1. The quantitative estimate of drug-likeness (QED) is 0.479. The van der Waals surface area contributed by atoms with Gasteiger partial charge < -0.3 is 10.2 Å². The Hall–Kier alpha value is -3.63. The van der Waals surface area contributed by atoms with E-state index >= 15 is 0 Å². The number of hydrogen-bond donors (Lipinski definition) is 2. The Balaban J connectivity index is 1.60. The molecular formula is C26H25F2N3O4S. The number of benzene rings is 3. The topological polar surface area (TPSA) is 95.6 Å². The van der Waals surface area contributed by atoms with Crippen molar-refractivity contribution >= 4 is 33.2 Å². The van der Waals surface area contributed by atoms with Gasteiger partial charge in [0.05, 0.1) is 10.6 Å². The zero-order valence-electron chi connectivity index (χ0n) is 19.5. The summed E-state index contributed by atoms with van der Waals surface area (Å²) in [5, 5.41) is 2.35. The molecule has 3 aromatic carbocycles. The monoisotopic (exact) mass is 513 g/mol. The summed E-state index contributed by atoms with van der Waals surface area (Å²) in [5.41, 5.74) is 1.81. The van der Waals surface area contributed by atoms with Crippen LogP contribution >= 0.6 is 0 Å². The predicted molar refractivity (Wildman–Crippen MR) is 132 cm³/mol. The Morgan fingerprint density at radius 3 is 2.47 bits per heavy atom. The third kappa shape index (κ3) is 5.60. The van der Waals surface area contributed by atoms with E-state index in [1.54, 1.807) is 48.2 Å². The first-order valence-electron chi connectivity index (χ1n) is 11.4. The molecule has 0 aromatic heterocycles. The second kappa shape index (κ2) is 10.5. The van der Waals surface area contributed by atoms with Gasteiger partial charge in [0.15, 0.2) is 0 Å². The van der Waals surface area contributed by atoms with Gasteiger partial charge in [-0.15, -0.1) is 0 Å². The first-order valence-corrected chi connectivity index (χ1v) is 12.9. The molecule has 0 aliphatic carbocycles. The van der Waals surface area contributed by atoms with E-state index in [2.05, 4.69) is 10.0 Å². The van der Waals surface area contributed by atoms with Gasteiger partial charge in [0.2, 0.25) is 21.8 Å². The van der Waals surface area contributed by atoms with Crippen molar-refractivity contribution < 1.29 is 26.8 Å². The number of halogens is 2. The molecule has 0 fully saturated rings. The third-order valence-corrected chi connectivity index (χ3v) is 7.42. The number of nitrogens with zero attached hydrogens (tertiary/aromatic N) is 1. The number of amides is 2. The molecule has 0 saturated heterocycles. The number of carbonyl (C=O) groups excluding carboxylic acids is 2. The van der Waals surface area contributed by atoms with Crippen LogP contribution in [0.25, 0.3) is 0 Å². The van der Waals surface area contributed by atoms with Crippen LogP contribution in [0.3, 0.4) is 0 Å². The lowest BCUT2D eigenvalue weighted by molar-refractivity contribution is -0.118. The van der Waals surface area contributed by atoms with E-state index in [1.807, 2.05) is 0 Å². The minimum Gasteiger partial charge on any atom is -0.322 e. The fourth-order valence-electron chi connectivity index (χ4n) is 4.10. The second-order valence-electron chi connectivity index (χ2n) is 8.42. The van der Waals surface area contributed by atoms with E-state index < -0.39 is 33.6 Å². The summed E-state index contributed by atoms with van der Waals surface area (Å²) < 4.78 is 56.4. The molecular weight excluding hydrogens is 488 g/mol. The first-order chi connectivity index (χ1) is 17.2. The molecule has 2 amide bonds. The van der Waals surface area contributed by atoms with Gasteiger partial charge in [-0.3, -0.25) is 9.59 Å². The molecule has 1 aliphatic heterocycles. The van der Waals surface area contributed by atoms with Crippen LogP contribution in [0.4, 0.5) is 20.2 Å². The van der Waals surface area contributed by atoms with Gasteiger partial charge in [0.1, 0.15) is 17.7 Å². The smallest absolute Gasteiger partial charge is 0.242 e. The zero-order chi connectivity index (χ0) is 25.9. The largest absolute Gasteiger partial charge is 0.322 e. The highest BCUT2D eigenvalue weighted by atomic mass is 32.2. The molecule has 10 heteroatoms. The van der Waals surface area contributed by atoms with Crippen molar-refractivity contribution in [2.45, 2.75) is 37.1 Å². The average molecular weight is 514 g/mol. The van der Waals surface area contributed by atoms with Gasteiger partial charge in [-0.25, -0.2) is 17.2 Å². The van der Waals surface area contributed by atoms with E-state index in [-0.39, 0.29) is 22.9 Å². The van der Waals surface area contributed by atoms with Crippen molar-refractivity contribution in [3.05, 3.63) is 89.5 Å². The van der Waals surface area contributed by atoms with E-state index in [1.165, 1.54) is 12.1 Å². The molecule has 188 valence electrons. The number of nitrogens with one attached hydrogen (secondary N) is 2. The summed E-state index contributed by atoms with van der Waals surface area (Å²) in [6, 6.07) is 14.6. The Kier molecular flexibility index (Phi) is 7.46. The first kappa shape index (κ1) is 25.5. The van der Waals surface area contributed by atoms with Gasteiger partial charge in [0.25, 0.3) is 0 Å². The Morgan fingerprint density at radius 2 is 1.78 bits per heavy atom. The normalized spacial score (nSPS) is 13.8. The molecule has 0 spiro atoms. The minimum atomic E-state index is -4.17. The lowest BCUT2D eigenvalue weighted by Gasteiger charge is -2.20. The summed E-state index contributed by atoms with van der Waals surface area (Å²) in [6.07, 6.45) is 0.854. The number of fused-ring (bicyclic) bond motifs is 1. The predicted octanol–water partition coefficient (Wildman–Crippen LogP) is 3.79. The summed E-state index contributed by atoms with van der Waals surface area (Å²) in [5.74, 6) is -2.62. The second-order valence-corrected chi connectivity index (χ2v) is 10.1. The number of carbonyl (C=O) groups is 2. The number of sulfonamides is 1. The number of anilines is 2. The molecule has 4 rings (SSSR count). The van der Waals surface area contributed by atoms with Crippen LogP contribution in [0.2, 0.25) is 0 Å². The zero-order valence-corrected chi connectivity index (χ0v) is 20.3. The van der Waals surface area contributed by atoms with Gasteiger partial charge in [0, 0.05) is 24.7 Å². The third-order valence-electron chi connectivity index (χ3n) is 5.95. The van der Waals surface area contributed by atoms with Crippen LogP contribution in [0.5, 0.6) is 0 Å². The molecule has 1 unspecified atom stereocenters. The van der Waals surface area contributed by atoms with Crippen LogP contribution in [-0.4, -0.2) is 32.8 Å². The molecule has 36 heavy (non-hydrogen) atoms. The van der Waals surface area contributed by atoms with Crippen LogP contribution in [0.1, 0.15) is 24.5 Å². The molecule has 0 saturated carbocycles. The highest BCUT2D eigenvalue weighted by molar-refractivity contribution is 7.89. The number of hydrogen-bond acceptors (Lipinski definition) is 4. The van der Waals surface area contributed by atoms with Crippen molar-refractivity contribution in [1.82, 2.24) is 4.72 Å². The van der Waals surface area contributed by atoms with Gasteiger partial charge >= 0.3 is 0 Å². The Morgan fingerprint density at radius 1 is 1.03 bits per heavy atom. The van der Waals surface area contributed by atoms with E-state index in [0.29, 0.717) is 36.7 Å². The number of rotatable bonds is 8. The van der Waals surface area contributed by atoms with Crippen LogP contribution in [0, 0.1) is 11.6 Å². The van der Waals surface area contributed by atoms with Crippen LogP contribution in [-0.2, 0) is 32.5 Å². The molecule has 2 N–H and O–H groups in total. The molecule has 0 radical (unpaired) electrons. The summed E-state index contributed by atoms with van der Waals surface area (Å²) in [6.45, 7) is 2.24. The SMILES string of the molecule is CCC(=O)N1CCc2cc(S(=O)(=O)NC(Cc3ccccc3)C(=O)Nc3ccc(F)cc3F)ccc21. The lowest BCUT2D eigenvalue weighted by atomic mass is 10.1. The van der Waals surface area contributed by atoms with Crippen molar-refractivity contribution in [3.63, 3.8) is 0 Å². The van der Waals surface area contributed by atoms with E-state index in [4.69, 9.17) is 0 Å². The average Bonchev–Trinajstić information content (AvgIpc) is 3.29. The molecule has 3 aromatic rings. The van der Waals surface area contributed by atoms with Crippen molar-refractivity contribution in [1.29, 1.82) is 0 Å². The standard InChI is InChI=1S/C26H25F2N3O4S/c1-2-25(32)31-13-12-18-15-20(9-11-24(18)31)36(34,35)30-23(14-17-6-4-3-5-7-17)26(33)29-22-10-8-19(27)16-21(22)28/h3-11,15-16,23,30H,2,12-14H2,1H3,(H,29,33). The van der Waals surface area contributed by atoms with E-state index in [0.717, 1.165) is 17.7 Å². The molecule has 1 heterocycles. The molecule has 1 aliphatic rings. The molecule has 1 atom stereocenters. The minimum absolute atomic E-state index is 0.00155. The molecule has 7 nitrogen and oxygen atoms in total. The Labute approximate surface area is 208 Å². The van der Waals surface area contributed by atoms with Gasteiger partial charge in [-0.05, 0) is 54.3 Å². The maximum atomic E-state index is 14.1. The fourth-order valence-corrected chi connectivity index (χ4v) is 5.34. The Bertz CT molecular complexity index is 1400. The van der Waals surface area contributed by atoms with Gasteiger partial charge in [-0.1, -0.05) is 37.3 Å².